The van der Waals surface area contributed by atoms with Gasteiger partial charge in [-0.3, -0.25) is 0 Å². The standard InChI is InChI=1S/C19H10Cl6O3/c20-11-2-8(3-12(21)17(11)26)1-9-4-15(24)19(16(25)5-9)28-10-6-13(22)18(27)14(23)7-10/h2-7,26-27H,1H2. The molecule has 0 aromatic heterocycles. The minimum atomic E-state index is -0.241. The molecule has 0 amide bonds. The van der Waals surface area contributed by atoms with Gasteiger partial charge in [0.15, 0.2) is 17.2 Å². The Hall–Kier alpha value is -1.20. The summed E-state index contributed by atoms with van der Waals surface area (Å²) in [4.78, 5) is 0. The van der Waals surface area contributed by atoms with Gasteiger partial charge in [0, 0.05) is 12.1 Å². The highest BCUT2D eigenvalue weighted by atomic mass is 35.5. The maximum atomic E-state index is 9.66. The summed E-state index contributed by atoms with van der Waals surface area (Å²) >= 11 is 36.4. The lowest BCUT2D eigenvalue weighted by Gasteiger charge is -2.13. The van der Waals surface area contributed by atoms with Crippen molar-refractivity contribution in [1.29, 1.82) is 0 Å². The fourth-order valence-corrected chi connectivity index (χ4v) is 4.10. The number of hydrogen-bond donors (Lipinski definition) is 2. The van der Waals surface area contributed by atoms with E-state index >= 15 is 0 Å². The van der Waals surface area contributed by atoms with E-state index in [0.29, 0.717) is 6.42 Å². The zero-order chi connectivity index (χ0) is 20.6. The quantitative estimate of drug-likeness (QED) is 0.379. The van der Waals surface area contributed by atoms with Gasteiger partial charge in [0.1, 0.15) is 5.75 Å². The molecule has 9 heteroatoms. The van der Waals surface area contributed by atoms with Gasteiger partial charge in [0.05, 0.1) is 30.1 Å². The van der Waals surface area contributed by atoms with Gasteiger partial charge in [-0.15, -0.1) is 0 Å². The predicted octanol–water partition coefficient (Wildman–Crippen LogP) is 8.40. The van der Waals surface area contributed by atoms with Crippen LogP contribution in [0.5, 0.6) is 23.0 Å². The fourth-order valence-electron chi connectivity index (χ4n) is 2.49. The molecule has 3 nitrogen and oxygen atoms in total. The Bertz CT molecular complexity index is 999. The number of phenols is 2. The number of aromatic hydroxyl groups is 2. The lowest BCUT2D eigenvalue weighted by atomic mass is 10.0. The van der Waals surface area contributed by atoms with E-state index in [1.807, 2.05) is 0 Å². The number of benzene rings is 3. The lowest BCUT2D eigenvalue weighted by Crippen LogP contribution is -1.93. The molecular weight excluding hydrogens is 489 g/mol. The van der Waals surface area contributed by atoms with Crippen LogP contribution in [-0.4, -0.2) is 10.2 Å². The van der Waals surface area contributed by atoms with Gasteiger partial charge in [-0.2, -0.15) is 0 Å². The molecule has 0 bridgehead atoms. The fraction of sp³-hybridized carbons (Fsp3) is 0.0526. The zero-order valence-corrected chi connectivity index (χ0v) is 18.3. The molecule has 3 aromatic rings. The first kappa shape index (κ1) is 21.5. The minimum Gasteiger partial charge on any atom is -0.505 e. The maximum absolute atomic E-state index is 9.66. The van der Waals surface area contributed by atoms with Crippen molar-refractivity contribution >= 4 is 69.6 Å². The Labute approximate surface area is 190 Å². The molecule has 0 aliphatic heterocycles. The molecule has 0 radical (unpaired) electrons. The first-order chi connectivity index (χ1) is 13.2. The summed E-state index contributed by atoms with van der Waals surface area (Å²) in [6.45, 7) is 0. The van der Waals surface area contributed by atoms with Crippen molar-refractivity contribution in [2.75, 3.05) is 0 Å². The molecule has 2 N–H and O–H groups in total. The van der Waals surface area contributed by atoms with Crippen molar-refractivity contribution in [3.05, 3.63) is 77.7 Å². The van der Waals surface area contributed by atoms with Crippen molar-refractivity contribution in [1.82, 2.24) is 0 Å². The van der Waals surface area contributed by atoms with Crippen LogP contribution in [0.1, 0.15) is 11.1 Å². The summed E-state index contributed by atoms with van der Waals surface area (Å²) in [6.07, 6.45) is 0.427. The SMILES string of the molecule is Oc1c(Cl)cc(Cc2cc(Cl)c(Oc3cc(Cl)c(O)c(Cl)c3)c(Cl)c2)cc1Cl. The second kappa shape index (κ2) is 8.66. The molecule has 0 spiro atoms. The van der Waals surface area contributed by atoms with Gasteiger partial charge >= 0.3 is 0 Å². The van der Waals surface area contributed by atoms with E-state index < -0.39 is 0 Å². The van der Waals surface area contributed by atoms with Crippen molar-refractivity contribution in [3.8, 4) is 23.0 Å². The second-order valence-corrected chi connectivity index (χ2v) is 8.25. The van der Waals surface area contributed by atoms with Crippen LogP contribution in [0.25, 0.3) is 0 Å². The molecule has 0 fully saturated rings. The third kappa shape index (κ3) is 4.68. The molecule has 0 atom stereocenters. The van der Waals surface area contributed by atoms with Crippen LogP contribution in [0, 0.1) is 0 Å². The van der Waals surface area contributed by atoms with E-state index in [-0.39, 0.29) is 53.1 Å². The Kier molecular flexibility index (Phi) is 6.65. The van der Waals surface area contributed by atoms with Crippen molar-refractivity contribution in [2.45, 2.75) is 6.42 Å². The van der Waals surface area contributed by atoms with Gasteiger partial charge < -0.3 is 14.9 Å². The normalized spacial score (nSPS) is 10.9. The molecule has 28 heavy (non-hydrogen) atoms. The third-order valence-electron chi connectivity index (χ3n) is 3.75. The van der Waals surface area contributed by atoms with E-state index in [9.17, 15) is 10.2 Å². The molecule has 146 valence electrons. The van der Waals surface area contributed by atoms with Gasteiger partial charge in [-0.25, -0.2) is 0 Å². The van der Waals surface area contributed by atoms with E-state index in [0.717, 1.165) is 11.1 Å². The lowest BCUT2D eigenvalue weighted by molar-refractivity contribution is 0.465. The van der Waals surface area contributed by atoms with Crippen LogP contribution in [-0.2, 0) is 6.42 Å². The van der Waals surface area contributed by atoms with Gasteiger partial charge in [0.25, 0.3) is 0 Å². The monoisotopic (exact) mass is 496 g/mol. The molecule has 0 saturated heterocycles. The number of phenolic OH excluding ortho intramolecular Hbond substituents is 2. The number of ether oxygens (including phenoxy) is 1. The molecule has 0 aliphatic rings. The van der Waals surface area contributed by atoms with Crippen LogP contribution in [0.3, 0.4) is 0 Å². The molecule has 0 unspecified atom stereocenters. The number of halogens is 6. The van der Waals surface area contributed by atoms with Crippen LogP contribution >= 0.6 is 69.6 Å². The molecule has 3 aromatic carbocycles. The van der Waals surface area contributed by atoms with E-state index in [4.69, 9.17) is 74.3 Å². The summed E-state index contributed by atoms with van der Waals surface area (Å²) < 4.78 is 5.70. The van der Waals surface area contributed by atoms with Crippen LogP contribution in [0.4, 0.5) is 0 Å². The Morgan fingerprint density at radius 2 is 0.929 bits per heavy atom. The molecular formula is C19H10Cl6O3. The van der Waals surface area contributed by atoms with Crippen LogP contribution in [0.15, 0.2) is 36.4 Å². The summed E-state index contributed by atoms with van der Waals surface area (Å²) in [5, 5.41) is 20.2. The first-order valence-corrected chi connectivity index (χ1v) is 9.93. The molecule has 0 heterocycles. The first-order valence-electron chi connectivity index (χ1n) is 7.66. The van der Waals surface area contributed by atoms with Crippen molar-refractivity contribution in [3.63, 3.8) is 0 Å². The average Bonchev–Trinajstić information content (AvgIpc) is 2.60. The predicted molar refractivity (Wildman–Crippen MR) is 116 cm³/mol. The Morgan fingerprint density at radius 1 is 0.571 bits per heavy atom. The Balaban J connectivity index is 1.89. The van der Waals surface area contributed by atoms with E-state index in [1.54, 1.807) is 24.3 Å². The molecule has 0 saturated carbocycles. The summed E-state index contributed by atoms with van der Waals surface area (Å²) in [5.74, 6) is 0.0701. The second-order valence-electron chi connectivity index (χ2n) is 5.81. The van der Waals surface area contributed by atoms with E-state index in [2.05, 4.69) is 0 Å². The topological polar surface area (TPSA) is 49.7 Å². The average molecular weight is 499 g/mol. The van der Waals surface area contributed by atoms with Crippen LogP contribution in [0.2, 0.25) is 30.1 Å². The van der Waals surface area contributed by atoms with Gasteiger partial charge in [-0.05, 0) is 41.8 Å². The smallest absolute Gasteiger partial charge is 0.164 e. The highest BCUT2D eigenvalue weighted by Gasteiger charge is 2.15. The summed E-state index contributed by atoms with van der Waals surface area (Å²) in [6, 6.07) is 9.36. The van der Waals surface area contributed by atoms with Crippen molar-refractivity contribution in [2.24, 2.45) is 0 Å². The minimum absolute atomic E-state index is 0.0347. The van der Waals surface area contributed by atoms with Crippen molar-refractivity contribution < 1.29 is 14.9 Å². The zero-order valence-electron chi connectivity index (χ0n) is 13.7. The molecule has 0 aliphatic carbocycles. The summed E-state index contributed by atoms with van der Waals surface area (Å²) in [5.41, 5.74) is 1.55. The maximum Gasteiger partial charge on any atom is 0.164 e. The highest BCUT2D eigenvalue weighted by molar-refractivity contribution is 6.38. The number of hydrogen-bond acceptors (Lipinski definition) is 3. The van der Waals surface area contributed by atoms with Gasteiger partial charge in [-0.1, -0.05) is 69.6 Å². The molecule has 3 rings (SSSR count). The largest absolute Gasteiger partial charge is 0.505 e. The summed E-state index contributed by atoms with van der Waals surface area (Å²) in [7, 11) is 0. The number of rotatable bonds is 4. The van der Waals surface area contributed by atoms with Crippen LogP contribution < -0.4 is 4.74 Å². The highest BCUT2D eigenvalue weighted by Crippen LogP contribution is 2.42. The van der Waals surface area contributed by atoms with E-state index in [1.165, 1.54) is 12.1 Å². The van der Waals surface area contributed by atoms with Gasteiger partial charge in [0.2, 0.25) is 0 Å². The third-order valence-corrected chi connectivity index (χ3v) is 5.47. The Morgan fingerprint density at radius 3 is 1.36 bits per heavy atom.